The maximum atomic E-state index is 11.6. The van der Waals surface area contributed by atoms with Crippen LogP contribution in [0.2, 0.25) is 0 Å². The first kappa shape index (κ1) is 17.9. The molecule has 2 saturated carbocycles. The highest BCUT2D eigenvalue weighted by atomic mass is 16.7. The number of hydrogen-bond donors (Lipinski definition) is 0. The molecule has 0 aliphatic heterocycles. The molecule has 2 aliphatic carbocycles. The molecule has 0 aromatic heterocycles. The summed E-state index contributed by atoms with van der Waals surface area (Å²) < 4.78 is 20.7. The van der Waals surface area contributed by atoms with Crippen LogP contribution in [0.25, 0.3) is 0 Å². The fourth-order valence-corrected chi connectivity index (χ4v) is 3.05. The zero-order valence-electron chi connectivity index (χ0n) is 14.0. The quantitative estimate of drug-likeness (QED) is 0.675. The smallest absolute Gasteiger partial charge is 0.434 e. The van der Waals surface area contributed by atoms with E-state index in [0.29, 0.717) is 6.42 Å². The van der Waals surface area contributed by atoms with Gasteiger partial charge in [-0.2, -0.15) is 0 Å². The molecule has 0 aromatic carbocycles. The molecule has 0 radical (unpaired) electrons. The van der Waals surface area contributed by atoms with Gasteiger partial charge in [0.2, 0.25) is 0 Å². The topological polar surface area (TPSA) is 71.1 Å². The highest BCUT2D eigenvalue weighted by Crippen LogP contribution is 2.22. The summed E-state index contributed by atoms with van der Waals surface area (Å²) in [6.07, 6.45) is 8.09. The van der Waals surface area contributed by atoms with E-state index in [0.717, 1.165) is 51.4 Å². The van der Waals surface area contributed by atoms with Gasteiger partial charge in [0, 0.05) is 6.42 Å². The van der Waals surface area contributed by atoms with Crippen molar-refractivity contribution in [2.24, 2.45) is 0 Å². The minimum absolute atomic E-state index is 0.00331. The van der Waals surface area contributed by atoms with E-state index in [1.165, 1.54) is 6.42 Å². The van der Waals surface area contributed by atoms with Gasteiger partial charge in [0.05, 0.1) is 6.61 Å². The Morgan fingerprint density at radius 3 is 2.00 bits per heavy atom. The van der Waals surface area contributed by atoms with Crippen molar-refractivity contribution in [2.75, 3.05) is 6.61 Å². The Morgan fingerprint density at radius 1 is 0.870 bits per heavy atom. The fourth-order valence-electron chi connectivity index (χ4n) is 3.05. The molecule has 6 heteroatoms. The van der Waals surface area contributed by atoms with Gasteiger partial charge in [0.1, 0.15) is 18.3 Å². The van der Waals surface area contributed by atoms with Gasteiger partial charge in [-0.25, -0.2) is 9.59 Å². The van der Waals surface area contributed by atoms with Gasteiger partial charge in [-0.15, -0.1) is 0 Å². The van der Waals surface area contributed by atoms with E-state index < -0.39 is 12.3 Å². The van der Waals surface area contributed by atoms with Crippen LogP contribution >= 0.6 is 0 Å². The van der Waals surface area contributed by atoms with Crippen molar-refractivity contribution in [3.8, 4) is 0 Å². The first-order valence-corrected chi connectivity index (χ1v) is 8.84. The average Bonchev–Trinajstić information content (AvgIpc) is 3.00. The first-order chi connectivity index (χ1) is 11.1. The van der Waals surface area contributed by atoms with E-state index in [1.54, 1.807) is 6.92 Å². The second-order valence-electron chi connectivity index (χ2n) is 6.47. The number of rotatable bonds is 6. The van der Waals surface area contributed by atoms with Gasteiger partial charge in [-0.1, -0.05) is 6.42 Å². The Hall–Kier alpha value is -1.46. The fraction of sp³-hybridized carbons (Fsp3) is 0.882. The molecule has 0 spiro atoms. The number of hydrogen-bond acceptors (Lipinski definition) is 6. The molecule has 132 valence electrons. The summed E-state index contributed by atoms with van der Waals surface area (Å²) in [7, 11) is 0. The van der Waals surface area contributed by atoms with E-state index in [-0.39, 0.29) is 24.9 Å². The minimum atomic E-state index is -0.630. The highest BCUT2D eigenvalue weighted by Gasteiger charge is 2.22. The summed E-state index contributed by atoms with van der Waals surface area (Å²) in [5.41, 5.74) is 0. The second-order valence-corrected chi connectivity index (χ2v) is 6.47. The zero-order chi connectivity index (χ0) is 16.5. The van der Waals surface area contributed by atoms with E-state index in [4.69, 9.17) is 18.9 Å². The molecule has 0 N–H and O–H groups in total. The van der Waals surface area contributed by atoms with Crippen LogP contribution in [0.1, 0.15) is 71.1 Å². The number of ether oxygens (including phenoxy) is 4. The molecule has 0 amide bonds. The molecule has 6 nitrogen and oxygen atoms in total. The van der Waals surface area contributed by atoms with E-state index in [9.17, 15) is 9.59 Å². The maximum Gasteiger partial charge on any atom is 0.508 e. The molecule has 0 heterocycles. The predicted octanol–water partition coefficient (Wildman–Crippen LogP) is 4.35. The normalized spacial score (nSPS) is 20.7. The lowest BCUT2D eigenvalue weighted by Crippen LogP contribution is -2.24. The third-order valence-corrected chi connectivity index (χ3v) is 4.42. The largest absolute Gasteiger partial charge is 0.508 e. The lowest BCUT2D eigenvalue weighted by Gasteiger charge is -2.21. The number of carbonyl (C=O) groups is 2. The summed E-state index contributed by atoms with van der Waals surface area (Å²) in [6.45, 7) is 1.93. The zero-order valence-corrected chi connectivity index (χ0v) is 14.0. The second kappa shape index (κ2) is 9.63. The molecule has 0 saturated heterocycles. The molecule has 0 bridgehead atoms. The Balaban J connectivity index is 1.52. The van der Waals surface area contributed by atoms with Crippen LogP contribution in [-0.4, -0.2) is 37.2 Å². The molecular formula is C17H28O6. The van der Waals surface area contributed by atoms with E-state index in [1.807, 2.05) is 0 Å². The monoisotopic (exact) mass is 328 g/mol. The van der Waals surface area contributed by atoms with Crippen molar-refractivity contribution in [1.82, 2.24) is 0 Å². The van der Waals surface area contributed by atoms with Gasteiger partial charge >= 0.3 is 12.3 Å². The maximum absolute atomic E-state index is 11.6. The van der Waals surface area contributed by atoms with Crippen LogP contribution in [0.3, 0.4) is 0 Å². The van der Waals surface area contributed by atoms with Crippen molar-refractivity contribution in [2.45, 2.75) is 89.4 Å². The summed E-state index contributed by atoms with van der Waals surface area (Å²) in [5, 5.41) is 0. The summed E-state index contributed by atoms with van der Waals surface area (Å²) >= 11 is 0. The predicted molar refractivity (Wildman–Crippen MR) is 83.2 cm³/mol. The van der Waals surface area contributed by atoms with Crippen molar-refractivity contribution in [1.29, 1.82) is 0 Å². The van der Waals surface area contributed by atoms with Gasteiger partial charge < -0.3 is 18.9 Å². The van der Waals surface area contributed by atoms with Crippen molar-refractivity contribution in [3.05, 3.63) is 0 Å². The standard InChI is InChI=1S/C17H28O6/c1-13(21-17(19)23-15-9-5-6-10-15)11-12-20-16(18)22-14-7-3-2-4-8-14/h13-15H,2-12H2,1H3. The first-order valence-electron chi connectivity index (χ1n) is 8.84. The Morgan fingerprint density at radius 2 is 1.39 bits per heavy atom. The van der Waals surface area contributed by atoms with Crippen LogP contribution in [0.4, 0.5) is 9.59 Å². The lowest BCUT2D eigenvalue weighted by molar-refractivity contribution is -0.0117. The van der Waals surface area contributed by atoms with Crippen LogP contribution in [0.5, 0.6) is 0 Å². The molecule has 0 aromatic rings. The van der Waals surface area contributed by atoms with Crippen LogP contribution in [0.15, 0.2) is 0 Å². The Labute approximate surface area is 137 Å². The molecular weight excluding hydrogens is 300 g/mol. The highest BCUT2D eigenvalue weighted by molar-refractivity contribution is 5.60. The molecule has 2 aliphatic rings. The van der Waals surface area contributed by atoms with Crippen molar-refractivity contribution < 1.29 is 28.5 Å². The van der Waals surface area contributed by atoms with Gasteiger partial charge in [-0.05, 0) is 58.3 Å². The Kier molecular flexibility index (Phi) is 7.49. The summed E-state index contributed by atoms with van der Waals surface area (Å²) in [5.74, 6) is 0. The average molecular weight is 328 g/mol. The third-order valence-electron chi connectivity index (χ3n) is 4.42. The molecule has 2 fully saturated rings. The Bertz CT molecular complexity index is 371. The lowest BCUT2D eigenvalue weighted by atomic mass is 9.98. The third kappa shape index (κ3) is 7.10. The van der Waals surface area contributed by atoms with Gasteiger partial charge in [0.25, 0.3) is 0 Å². The molecule has 2 rings (SSSR count). The molecule has 1 atom stereocenters. The van der Waals surface area contributed by atoms with E-state index in [2.05, 4.69) is 0 Å². The van der Waals surface area contributed by atoms with Crippen LogP contribution in [0, 0.1) is 0 Å². The summed E-state index contributed by atoms with van der Waals surface area (Å²) in [4.78, 5) is 23.2. The summed E-state index contributed by atoms with van der Waals surface area (Å²) in [6, 6.07) is 0. The SMILES string of the molecule is CC(CCOC(=O)OC1CCCCC1)OC(=O)OC1CCCC1. The molecule has 1 unspecified atom stereocenters. The van der Waals surface area contributed by atoms with Crippen LogP contribution in [-0.2, 0) is 18.9 Å². The van der Waals surface area contributed by atoms with Crippen molar-refractivity contribution >= 4 is 12.3 Å². The number of carbonyl (C=O) groups excluding carboxylic acids is 2. The van der Waals surface area contributed by atoms with Gasteiger partial charge in [-0.3, -0.25) is 0 Å². The van der Waals surface area contributed by atoms with Gasteiger partial charge in [0.15, 0.2) is 0 Å². The molecule has 23 heavy (non-hydrogen) atoms. The van der Waals surface area contributed by atoms with Crippen molar-refractivity contribution in [3.63, 3.8) is 0 Å². The van der Waals surface area contributed by atoms with E-state index >= 15 is 0 Å². The van der Waals surface area contributed by atoms with Crippen LogP contribution < -0.4 is 0 Å². The minimum Gasteiger partial charge on any atom is -0.434 e.